The number of anilines is 1. The molecule has 0 atom stereocenters. The van der Waals surface area contributed by atoms with Gasteiger partial charge in [-0.2, -0.15) is 0 Å². The van der Waals surface area contributed by atoms with E-state index >= 15 is 0 Å². The van der Waals surface area contributed by atoms with Crippen LogP contribution >= 0.6 is 34.5 Å². The number of hydrogen-bond acceptors (Lipinski definition) is 2. The molecule has 1 heterocycles. The number of benzene rings is 1. The quantitative estimate of drug-likeness (QED) is 0.785. The third kappa shape index (κ3) is 2.83. The van der Waals surface area contributed by atoms with Crippen molar-refractivity contribution in [2.24, 2.45) is 0 Å². The lowest BCUT2D eigenvalue weighted by molar-refractivity contribution is -0.121. The van der Waals surface area contributed by atoms with E-state index in [2.05, 4.69) is 11.4 Å². The molecule has 1 aliphatic rings. The Morgan fingerprint density at radius 2 is 1.95 bits per heavy atom. The highest BCUT2D eigenvalue weighted by atomic mass is 35.5. The van der Waals surface area contributed by atoms with Crippen molar-refractivity contribution in [1.82, 2.24) is 0 Å². The number of carbonyl (C=O) groups excluding carboxylic acids is 1. The van der Waals surface area contributed by atoms with Crippen LogP contribution in [0.4, 0.5) is 5.69 Å². The lowest BCUT2D eigenvalue weighted by atomic mass is 9.83. The smallest absolute Gasteiger partial charge is 0.235 e. The first-order chi connectivity index (χ1) is 10.1. The minimum absolute atomic E-state index is 0.0340. The van der Waals surface area contributed by atoms with Crippen molar-refractivity contribution in [2.45, 2.75) is 31.1 Å². The molecule has 1 saturated carbocycles. The van der Waals surface area contributed by atoms with Crippen molar-refractivity contribution in [3.05, 3.63) is 50.6 Å². The number of rotatable bonds is 3. The highest BCUT2D eigenvalue weighted by Crippen LogP contribution is 2.44. The summed E-state index contributed by atoms with van der Waals surface area (Å²) in [6.07, 6.45) is 3.95. The molecule has 0 saturated heterocycles. The molecule has 0 aliphatic heterocycles. The van der Waals surface area contributed by atoms with Crippen LogP contribution in [0.25, 0.3) is 0 Å². The molecule has 3 rings (SSSR count). The van der Waals surface area contributed by atoms with Gasteiger partial charge in [-0.05, 0) is 42.5 Å². The van der Waals surface area contributed by atoms with Crippen molar-refractivity contribution in [2.75, 3.05) is 5.32 Å². The fraction of sp³-hybridized carbons (Fsp3) is 0.312. The van der Waals surface area contributed by atoms with Crippen molar-refractivity contribution in [1.29, 1.82) is 0 Å². The van der Waals surface area contributed by atoms with E-state index in [4.69, 9.17) is 23.2 Å². The van der Waals surface area contributed by atoms with Gasteiger partial charge in [-0.25, -0.2) is 0 Å². The molecular weight excluding hydrogens is 325 g/mol. The van der Waals surface area contributed by atoms with Gasteiger partial charge in [0.1, 0.15) is 0 Å². The Kier molecular flexibility index (Phi) is 4.25. The molecule has 0 spiro atoms. The van der Waals surface area contributed by atoms with Crippen LogP contribution in [0.15, 0.2) is 35.7 Å². The second-order valence-corrected chi connectivity index (χ2v) is 7.14. The van der Waals surface area contributed by atoms with E-state index in [1.165, 1.54) is 0 Å². The average Bonchev–Trinajstić information content (AvgIpc) is 3.11. The van der Waals surface area contributed by atoms with Crippen LogP contribution in [-0.2, 0) is 10.2 Å². The number of halogens is 2. The summed E-state index contributed by atoms with van der Waals surface area (Å²) in [5, 5.41) is 6.04. The summed E-state index contributed by atoms with van der Waals surface area (Å²) in [4.78, 5) is 14.0. The van der Waals surface area contributed by atoms with Gasteiger partial charge in [0.2, 0.25) is 5.91 Å². The lowest BCUT2D eigenvalue weighted by Crippen LogP contribution is -2.37. The third-order valence-corrected chi connectivity index (χ3v) is 5.69. The standard InChI is InChI=1S/C16H15Cl2NOS/c17-11-5-6-13(12(18)10-11)19-15(20)16(7-1-2-8-16)14-4-3-9-21-14/h3-6,9-10H,1-2,7-8H2,(H,19,20). The van der Waals surface area contributed by atoms with Gasteiger partial charge in [0.15, 0.2) is 0 Å². The van der Waals surface area contributed by atoms with Crippen LogP contribution in [0.2, 0.25) is 10.0 Å². The fourth-order valence-corrected chi connectivity index (χ4v) is 4.39. The first-order valence-corrected chi connectivity index (χ1v) is 8.56. The molecule has 1 aliphatic carbocycles. The molecule has 1 fully saturated rings. The molecule has 1 amide bonds. The summed E-state index contributed by atoms with van der Waals surface area (Å²) in [6.45, 7) is 0. The summed E-state index contributed by atoms with van der Waals surface area (Å²) in [5.41, 5.74) is 0.214. The highest BCUT2D eigenvalue weighted by molar-refractivity contribution is 7.10. The Labute approximate surface area is 138 Å². The van der Waals surface area contributed by atoms with Crippen LogP contribution < -0.4 is 5.32 Å². The van der Waals surface area contributed by atoms with Crippen molar-refractivity contribution in [3.8, 4) is 0 Å². The Hall–Kier alpha value is -1.03. The zero-order valence-electron chi connectivity index (χ0n) is 11.4. The molecule has 0 bridgehead atoms. The van der Waals surface area contributed by atoms with Crippen molar-refractivity contribution < 1.29 is 4.79 Å². The van der Waals surface area contributed by atoms with Gasteiger partial charge in [-0.15, -0.1) is 11.3 Å². The molecule has 21 heavy (non-hydrogen) atoms. The van der Waals surface area contributed by atoms with Crippen LogP contribution in [-0.4, -0.2) is 5.91 Å². The number of hydrogen-bond donors (Lipinski definition) is 1. The van der Waals surface area contributed by atoms with E-state index in [1.807, 2.05) is 11.4 Å². The third-order valence-electron chi connectivity index (χ3n) is 4.06. The molecule has 2 nitrogen and oxygen atoms in total. The van der Waals surface area contributed by atoms with Crippen LogP contribution in [0.5, 0.6) is 0 Å². The predicted octanol–water partition coefficient (Wildman–Crippen LogP) is 5.51. The minimum Gasteiger partial charge on any atom is -0.324 e. The van der Waals surface area contributed by atoms with Gasteiger partial charge >= 0.3 is 0 Å². The Balaban J connectivity index is 1.89. The Morgan fingerprint density at radius 3 is 2.57 bits per heavy atom. The summed E-state index contributed by atoms with van der Waals surface area (Å²) in [7, 11) is 0. The summed E-state index contributed by atoms with van der Waals surface area (Å²) < 4.78 is 0. The Morgan fingerprint density at radius 1 is 1.19 bits per heavy atom. The largest absolute Gasteiger partial charge is 0.324 e. The van der Waals surface area contributed by atoms with E-state index in [1.54, 1.807) is 29.5 Å². The molecule has 1 aromatic carbocycles. The Bertz CT molecular complexity index is 648. The molecule has 1 N–H and O–H groups in total. The van der Waals surface area contributed by atoms with Gasteiger partial charge in [-0.3, -0.25) is 4.79 Å². The van der Waals surface area contributed by atoms with Crippen LogP contribution in [0.1, 0.15) is 30.6 Å². The molecule has 0 unspecified atom stereocenters. The van der Waals surface area contributed by atoms with E-state index in [9.17, 15) is 4.79 Å². The average molecular weight is 340 g/mol. The fourth-order valence-electron chi connectivity index (χ4n) is 2.95. The van der Waals surface area contributed by atoms with Crippen LogP contribution in [0, 0.1) is 0 Å². The SMILES string of the molecule is O=C(Nc1ccc(Cl)cc1Cl)C1(c2cccs2)CCCC1. The normalized spacial score (nSPS) is 16.9. The molecule has 1 aromatic heterocycles. The molecular formula is C16H15Cl2NOS. The summed E-state index contributed by atoms with van der Waals surface area (Å²) in [6, 6.07) is 9.18. The van der Waals surface area contributed by atoms with Gasteiger partial charge in [-0.1, -0.05) is 42.1 Å². The van der Waals surface area contributed by atoms with E-state index in [0.29, 0.717) is 15.7 Å². The van der Waals surface area contributed by atoms with E-state index in [-0.39, 0.29) is 5.91 Å². The summed E-state index contributed by atoms with van der Waals surface area (Å²) in [5.74, 6) is 0.0340. The van der Waals surface area contributed by atoms with Crippen LogP contribution in [0.3, 0.4) is 0 Å². The van der Waals surface area contributed by atoms with Gasteiger partial charge < -0.3 is 5.32 Å². The predicted molar refractivity (Wildman–Crippen MR) is 89.6 cm³/mol. The first kappa shape index (κ1) is 14.9. The molecule has 5 heteroatoms. The molecule has 110 valence electrons. The number of thiophene rings is 1. The lowest BCUT2D eigenvalue weighted by Gasteiger charge is -2.26. The topological polar surface area (TPSA) is 29.1 Å². The van der Waals surface area contributed by atoms with Gasteiger partial charge in [0.25, 0.3) is 0 Å². The maximum Gasteiger partial charge on any atom is 0.235 e. The minimum atomic E-state index is -0.406. The van der Waals surface area contributed by atoms with E-state index in [0.717, 1.165) is 30.6 Å². The second-order valence-electron chi connectivity index (χ2n) is 5.34. The number of amides is 1. The molecule has 2 aromatic rings. The zero-order chi connectivity index (χ0) is 14.9. The number of carbonyl (C=O) groups is 1. The van der Waals surface area contributed by atoms with Crippen molar-refractivity contribution in [3.63, 3.8) is 0 Å². The second kappa shape index (κ2) is 5.99. The zero-order valence-corrected chi connectivity index (χ0v) is 13.7. The van der Waals surface area contributed by atoms with Gasteiger partial charge in [0, 0.05) is 9.90 Å². The number of nitrogens with one attached hydrogen (secondary N) is 1. The van der Waals surface area contributed by atoms with Gasteiger partial charge in [0.05, 0.1) is 16.1 Å². The highest BCUT2D eigenvalue weighted by Gasteiger charge is 2.43. The van der Waals surface area contributed by atoms with E-state index < -0.39 is 5.41 Å². The first-order valence-electron chi connectivity index (χ1n) is 6.92. The molecule has 0 radical (unpaired) electrons. The maximum absolute atomic E-state index is 12.9. The summed E-state index contributed by atoms with van der Waals surface area (Å²) >= 11 is 13.7. The maximum atomic E-state index is 12.9. The monoisotopic (exact) mass is 339 g/mol. The van der Waals surface area contributed by atoms with Crippen molar-refractivity contribution >= 4 is 46.1 Å².